The van der Waals surface area contributed by atoms with Gasteiger partial charge in [-0.05, 0) is 25.1 Å². The lowest BCUT2D eigenvalue weighted by Crippen LogP contribution is -2.32. The van der Waals surface area contributed by atoms with Gasteiger partial charge in [0.1, 0.15) is 12.1 Å². The normalized spacial score (nSPS) is 10.7. The number of amides is 1. The first-order valence-corrected chi connectivity index (χ1v) is 9.48. The van der Waals surface area contributed by atoms with Crippen LogP contribution in [0.1, 0.15) is 21.7 Å². The zero-order valence-corrected chi connectivity index (χ0v) is 16.7. The van der Waals surface area contributed by atoms with Gasteiger partial charge in [0, 0.05) is 42.5 Å². The average molecular weight is 421 g/mol. The Labute approximate surface area is 176 Å². The zero-order valence-electron chi connectivity index (χ0n) is 16.0. The Morgan fingerprint density at radius 2 is 2.00 bits per heavy atom. The smallest absolute Gasteiger partial charge is 0.276 e. The van der Waals surface area contributed by atoms with Crippen LogP contribution < -0.4 is 10.7 Å². The molecular formula is C21H17ClN6O2. The number of hydrogen-bond donors (Lipinski definition) is 1. The van der Waals surface area contributed by atoms with Crippen molar-refractivity contribution in [3.63, 3.8) is 0 Å². The molecule has 1 aromatic carbocycles. The molecule has 0 bridgehead atoms. The van der Waals surface area contributed by atoms with Crippen molar-refractivity contribution in [2.24, 2.45) is 0 Å². The molecule has 3 aromatic heterocycles. The predicted octanol–water partition coefficient (Wildman–Crippen LogP) is 2.71. The highest BCUT2D eigenvalue weighted by molar-refractivity contribution is 6.32. The molecule has 4 aromatic rings. The summed E-state index contributed by atoms with van der Waals surface area (Å²) in [5.74, 6) is 0.0573. The van der Waals surface area contributed by atoms with Gasteiger partial charge in [-0.1, -0.05) is 29.8 Å². The van der Waals surface area contributed by atoms with Crippen molar-refractivity contribution in [3.8, 4) is 11.5 Å². The topological polar surface area (TPSA) is 94.7 Å². The maximum absolute atomic E-state index is 12.8. The van der Waals surface area contributed by atoms with E-state index in [1.807, 2.05) is 6.07 Å². The second-order valence-electron chi connectivity index (χ2n) is 6.50. The van der Waals surface area contributed by atoms with E-state index in [1.165, 1.54) is 10.7 Å². The highest BCUT2D eigenvalue weighted by Crippen LogP contribution is 2.19. The molecule has 3 heterocycles. The summed E-state index contributed by atoms with van der Waals surface area (Å²) in [5.41, 5.74) is 1.24. The fraction of sp³-hybridized carbons (Fsp3) is 0.0952. The Hall–Kier alpha value is -3.78. The van der Waals surface area contributed by atoms with Gasteiger partial charge in [-0.2, -0.15) is 5.10 Å². The maximum Gasteiger partial charge on any atom is 0.276 e. The Kier molecular flexibility index (Phi) is 5.40. The monoisotopic (exact) mass is 420 g/mol. The number of carbonyl (C=O) groups excluding carboxylic acids is 1. The van der Waals surface area contributed by atoms with E-state index >= 15 is 0 Å². The number of aryl methyl sites for hydroxylation is 1. The summed E-state index contributed by atoms with van der Waals surface area (Å²) >= 11 is 6.26. The molecule has 1 N–H and O–H groups in total. The van der Waals surface area contributed by atoms with E-state index in [0.29, 0.717) is 22.2 Å². The highest BCUT2D eigenvalue weighted by Gasteiger charge is 2.17. The van der Waals surface area contributed by atoms with Crippen molar-refractivity contribution in [3.05, 3.63) is 99.6 Å². The van der Waals surface area contributed by atoms with Gasteiger partial charge in [0.2, 0.25) is 5.43 Å². The van der Waals surface area contributed by atoms with Gasteiger partial charge >= 0.3 is 0 Å². The van der Waals surface area contributed by atoms with Crippen LogP contribution in [-0.2, 0) is 6.54 Å². The second-order valence-corrected chi connectivity index (χ2v) is 6.91. The van der Waals surface area contributed by atoms with Gasteiger partial charge in [0.05, 0.1) is 10.7 Å². The molecule has 9 heteroatoms. The van der Waals surface area contributed by atoms with Crippen LogP contribution in [0.25, 0.3) is 11.5 Å². The lowest BCUT2D eigenvalue weighted by molar-refractivity contribution is 0.0943. The number of nitrogens with zero attached hydrogens (tertiary/aromatic N) is 5. The molecule has 0 saturated heterocycles. The molecule has 0 unspecified atom stereocenters. The van der Waals surface area contributed by atoms with Crippen LogP contribution >= 0.6 is 11.6 Å². The van der Waals surface area contributed by atoms with Crippen LogP contribution in [0.4, 0.5) is 0 Å². The molecular weight excluding hydrogens is 404 g/mol. The van der Waals surface area contributed by atoms with Gasteiger partial charge in [0.15, 0.2) is 5.69 Å². The van der Waals surface area contributed by atoms with E-state index in [9.17, 15) is 9.59 Å². The number of carbonyl (C=O) groups is 1. The molecule has 0 saturated carbocycles. The standard InChI is InChI=1S/C21H17ClN6O2/c1-14-11-18(29)19(26-28(14)17-7-3-2-6-16(17)22)21(30)25-12-15-5-4-8-24-20(15)27-10-9-23-13-27/h2-11,13H,12H2,1H3,(H,25,30). The number of nitrogens with one attached hydrogen (secondary N) is 1. The minimum absolute atomic E-state index is 0.168. The number of hydrogen-bond acceptors (Lipinski definition) is 5. The van der Waals surface area contributed by atoms with Gasteiger partial charge in [-0.3, -0.25) is 14.2 Å². The number of benzene rings is 1. The molecule has 8 nitrogen and oxygen atoms in total. The zero-order chi connectivity index (χ0) is 21.1. The third-order valence-electron chi connectivity index (χ3n) is 4.46. The fourth-order valence-corrected chi connectivity index (χ4v) is 3.23. The van der Waals surface area contributed by atoms with E-state index in [-0.39, 0.29) is 12.2 Å². The first-order chi connectivity index (χ1) is 14.5. The first kappa shape index (κ1) is 19.5. The molecule has 0 aliphatic carbocycles. The number of rotatable bonds is 5. The molecule has 30 heavy (non-hydrogen) atoms. The van der Waals surface area contributed by atoms with Crippen LogP contribution in [0, 0.1) is 6.92 Å². The van der Waals surface area contributed by atoms with Crippen LogP contribution in [0.2, 0.25) is 5.02 Å². The lowest BCUT2D eigenvalue weighted by atomic mass is 10.2. The van der Waals surface area contributed by atoms with E-state index < -0.39 is 11.3 Å². The van der Waals surface area contributed by atoms with Crippen LogP contribution in [0.15, 0.2) is 72.2 Å². The SMILES string of the molecule is Cc1cc(=O)c(C(=O)NCc2cccnc2-n2ccnc2)nn1-c1ccccc1Cl. The molecule has 0 aliphatic rings. The maximum atomic E-state index is 12.8. The molecule has 150 valence electrons. The number of halogens is 1. The molecule has 0 spiro atoms. The molecule has 0 fully saturated rings. The summed E-state index contributed by atoms with van der Waals surface area (Å²) in [4.78, 5) is 33.5. The van der Waals surface area contributed by atoms with Gasteiger partial charge < -0.3 is 5.32 Å². The summed E-state index contributed by atoms with van der Waals surface area (Å²) in [6.45, 7) is 1.90. The highest BCUT2D eigenvalue weighted by atomic mass is 35.5. The third-order valence-corrected chi connectivity index (χ3v) is 4.78. The molecule has 1 amide bonds. The van der Waals surface area contributed by atoms with Crippen molar-refractivity contribution in [2.45, 2.75) is 13.5 Å². The van der Waals surface area contributed by atoms with Gasteiger partial charge in [-0.25, -0.2) is 14.6 Å². The second kappa shape index (κ2) is 8.30. The van der Waals surface area contributed by atoms with Crippen molar-refractivity contribution >= 4 is 17.5 Å². The predicted molar refractivity (Wildman–Crippen MR) is 112 cm³/mol. The summed E-state index contributed by atoms with van der Waals surface area (Å²) in [6, 6.07) is 12.1. The largest absolute Gasteiger partial charge is 0.346 e. The molecule has 4 rings (SSSR count). The Bertz CT molecular complexity index is 1270. The number of imidazole rings is 1. The Morgan fingerprint density at radius 3 is 2.77 bits per heavy atom. The summed E-state index contributed by atoms with van der Waals surface area (Å²) < 4.78 is 3.23. The van der Waals surface area contributed by atoms with Gasteiger partial charge in [0.25, 0.3) is 5.91 Å². The van der Waals surface area contributed by atoms with E-state index in [4.69, 9.17) is 11.6 Å². The average Bonchev–Trinajstić information content (AvgIpc) is 3.28. The Morgan fingerprint density at radius 1 is 1.17 bits per heavy atom. The van der Waals surface area contributed by atoms with E-state index in [2.05, 4.69) is 20.4 Å². The molecule has 0 radical (unpaired) electrons. The van der Waals surface area contributed by atoms with E-state index in [0.717, 1.165) is 5.56 Å². The third kappa shape index (κ3) is 3.85. The van der Waals surface area contributed by atoms with Crippen molar-refractivity contribution < 1.29 is 4.79 Å². The van der Waals surface area contributed by atoms with Crippen LogP contribution in [-0.4, -0.2) is 30.2 Å². The first-order valence-electron chi connectivity index (χ1n) is 9.11. The van der Waals surface area contributed by atoms with Crippen LogP contribution in [0.3, 0.4) is 0 Å². The van der Waals surface area contributed by atoms with Crippen molar-refractivity contribution in [2.75, 3.05) is 0 Å². The number of para-hydroxylation sites is 1. The molecule has 0 atom stereocenters. The number of aromatic nitrogens is 5. The van der Waals surface area contributed by atoms with Crippen LogP contribution in [0.5, 0.6) is 0 Å². The van der Waals surface area contributed by atoms with E-state index in [1.54, 1.807) is 66.7 Å². The minimum Gasteiger partial charge on any atom is -0.346 e. The van der Waals surface area contributed by atoms with Crippen molar-refractivity contribution in [1.82, 2.24) is 29.6 Å². The number of pyridine rings is 1. The lowest BCUT2D eigenvalue weighted by Gasteiger charge is -2.13. The summed E-state index contributed by atoms with van der Waals surface area (Å²) in [6.07, 6.45) is 6.68. The fourth-order valence-electron chi connectivity index (χ4n) is 3.02. The van der Waals surface area contributed by atoms with Crippen molar-refractivity contribution in [1.29, 1.82) is 0 Å². The molecule has 0 aliphatic heterocycles. The summed E-state index contributed by atoms with van der Waals surface area (Å²) in [7, 11) is 0. The van der Waals surface area contributed by atoms with Gasteiger partial charge in [-0.15, -0.1) is 0 Å². The minimum atomic E-state index is -0.582. The Balaban J connectivity index is 1.62. The quantitative estimate of drug-likeness (QED) is 0.535. The summed E-state index contributed by atoms with van der Waals surface area (Å²) in [5, 5.41) is 7.48.